The minimum Gasteiger partial charge on any atom is -0.343 e. The molecule has 1 aliphatic heterocycles. The zero-order valence-electron chi connectivity index (χ0n) is 17.1. The average molecular weight is 414 g/mol. The average Bonchev–Trinajstić information content (AvgIpc) is 3.22. The Morgan fingerprint density at radius 1 is 1.13 bits per heavy atom. The number of urea groups is 1. The van der Waals surface area contributed by atoms with Gasteiger partial charge in [0.1, 0.15) is 12.2 Å². The molecule has 1 saturated heterocycles. The first-order chi connectivity index (χ1) is 15.0. The maximum absolute atomic E-state index is 12.8. The molecule has 0 bridgehead atoms. The molecule has 3 aromatic rings. The first-order valence-corrected chi connectivity index (χ1v) is 9.86. The normalized spacial score (nSPS) is 14.9. The van der Waals surface area contributed by atoms with E-state index in [1.54, 1.807) is 24.3 Å². The quantitative estimate of drug-likeness (QED) is 0.367. The van der Waals surface area contributed by atoms with Gasteiger partial charge in [-0.2, -0.15) is 0 Å². The van der Waals surface area contributed by atoms with Crippen LogP contribution in [0.4, 0.5) is 10.5 Å². The van der Waals surface area contributed by atoms with Gasteiger partial charge < -0.3 is 15.2 Å². The molecule has 4 rings (SSSR count). The number of amides is 4. The molecule has 0 saturated carbocycles. The van der Waals surface area contributed by atoms with Crippen molar-refractivity contribution in [3.8, 4) is 0 Å². The van der Waals surface area contributed by atoms with Crippen LogP contribution in [0.5, 0.6) is 0 Å². The third-order valence-electron chi connectivity index (χ3n) is 5.04. The number of carbonyl (C=O) groups is 3. The lowest BCUT2D eigenvalue weighted by Gasteiger charge is -2.12. The second-order valence-electron chi connectivity index (χ2n) is 7.34. The van der Waals surface area contributed by atoms with Gasteiger partial charge >= 0.3 is 6.03 Å². The summed E-state index contributed by atoms with van der Waals surface area (Å²) in [4.78, 5) is 38.4. The molecule has 0 atom stereocenters. The minimum atomic E-state index is -0.620. The lowest BCUT2D eigenvalue weighted by atomic mass is 10.1. The molecule has 2 N–H and O–H groups in total. The number of hydrogen-bond acceptors (Lipinski definition) is 3. The Hall–Kier alpha value is -4.13. The summed E-state index contributed by atoms with van der Waals surface area (Å²) in [5.41, 5.74) is 3.60. The zero-order valence-corrected chi connectivity index (χ0v) is 17.1. The van der Waals surface area contributed by atoms with Crippen molar-refractivity contribution in [3.05, 3.63) is 84.2 Å². The van der Waals surface area contributed by atoms with Crippen LogP contribution in [0.15, 0.2) is 73.1 Å². The van der Waals surface area contributed by atoms with Crippen LogP contribution in [-0.4, -0.2) is 33.9 Å². The van der Waals surface area contributed by atoms with Crippen LogP contribution in [0.1, 0.15) is 11.1 Å². The second-order valence-corrected chi connectivity index (χ2v) is 7.34. The van der Waals surface area contributed by atoms with Gasteiger partial charge in [-0.3, -0.25) is 9.59 Å². The molecule has 0 radical (unpaired) electrons. The van der Waals surface area contributed by atoms with E-state index in [0.717, 1.165) is 26.9 Å². The monoisotopic (exact) mass is 414 g/mol. The van der Waals surface area contributed by atoms with Crippen LogP contribution in [0.2, 0.25) is 0 Å². The van der Waals surface area contributed by atoms with E-state index in [1.165, 1.54) is 0 Å². The third kappa shape index (κ3) is 4.11. The fourth-order valence-electron chi connectivity index (χ4n) is 3.53. The van der Waals surface area contributed by atoms with Crippen molar-refractivity contribution in [2.45, 2.75) is 13.5 Å². The first-order valence-electron chi connectivity index (χ1n) is 9.86. The number of carbonyl (C=O) groups excluding carboxylic acids is 3. The van der Waals surface area contributed by atoms with E-state index in [2.05, 4.69) is 17.2 Å². The molecule has 0 spiro atoms. The predicted octanol–water partition coefficient (Wildman–Crippen LogP) is 3.67. The van der Waals surface area contributed by atoms with Gasteiger partial charge in [0.25, 0.3) is 5.91 Å². The summed E-state index contributed by atoms with van der Waals surface area (Å²) in [7, 11) is 0. The van der Waals surface area contributed by atoms with Crippen LogP contribution in [0, 0.1) is 6.92 Å². The number of benzene rings is 2. The lowest BCUT2D eigenvalue weighted by Crippen LogP contribution is -2.38. The van der Waals surface area contributed by atoms with Gasteiger partial charge in [0.15, 0.2) is 0 Å². The van der Waals surface area contributed by atoms with E-state index in [-0.39, 0.29) is 12.2 Å². The standard InChI is InChI=1S/C24H22N4O3/c1-3-12-27-14-17(19-6-4-5-7-21(19)27)13-20-23(30)28(24(31)26-20)15-22(29)25-18-10-8-16(2)9-11-18/h3-11,13-14H,1,12,15H2,2H3,(H,25,29)(H,26,31)/b20-13+. The summed E-state index contributed by atoms with van der Waals surface area (Å²) in [5.74, 6) is -0.985. The fraction of sp³-hybridized carbons (Fsp3) is 0.125. The Balaban J connectivity index is 1.53. The summed E-state index contributed by atoms with van der Waals surface area (Å²) in [6.07, 6.45) is 5.34. The molecule has 7 nitrogen and oxygen atoms in total. The molecule has 1 aliphatic rings. The van der Waals surface area contributed by atoms with Crippen LogP contribution in [0.3, 0.4) is 0 Å². The highest BCUT2D eigenvalue weighted by molar-refractivity contribution is 6.16. The van der Waals surface area contributed by atoms with Gasteiger partial charge in [-0.05, 0) is 31.2 Å². The van der Waals surface area contributed by atoms with E-state index >= 15 is 0 Å². The molecular formula is C24H22N4O3. The highest BCUT2D eigenvalue weighted by Crippen LogP contribution is 2.25. The zero-order chi connectivity index (χ0) is 22.0. The molecule has 2 aromatic carbocycles. The molecule has 0 aliphatic carbocycles. The molecule has 31 heavy (non-hydrogen) atoms. The number of para-hydroxylation sites is 1. The van der Waals surface area contributed by atoms with Crippen LogP contribution in [0.25, 0.3) is 17.0 Å². The van der Waals surface area contributed by atoms with Crippen LogP contribution in [-0.2, 0) is 16.1 Å². The van der Waals surface area contributed by atoms with E-state index in [9.17, 15) is 14.4 Å². The van der Waals surface area contributed by atoms with Crippen molar-refractivity contribution in [3.63, 3.8) is 0 Å². The van der Waals surface area contributed by atoms with Gasteiger partial charge in [0, 0.05) is 34.9 Å². The maximum atomic E-state index is 12.8. The summed E-state index contributed by atoms with van der Waals surface area (Å²) >= 11 is 0. The summed E-state index contributed by atoms with van der Waals surface area (Å²) < 4.78 is 2.02. The Morgan fingerprint density at radius 2 is 1.87 bits per heavy atom. The summed E-state index contributed by atoms with van der Waals surface area (Å²) in [6.45, 7) is 5.98. The lowest BCUT2D eigenvalue weighted by molar-refractivity contribution is -0.127. The number of aromatic nitrogens is 1. The van der Waals surface area contributed by atoms with Crippen LogP contribution >= 0.6 is 0 Å². The molecule has 4 amide bonds. The van der Waals surface area contributed by atoms with Gasteiger partial charge in [-0.15, -0.1) is 6.58 Å². The van der Waals surface area contributed by atoms with Crippen molar-refractivity contribution < 1.29 is 14.4 Å². The number of nitrogens with zero attached hydrogens (tertiary/aromatic N) is 2. The summed E-state index contributed by atoms with van der Waals surface area (Å²) in [6, 6.07) is 14.4. The Bertz CT molecular complexity index is 1220. The highest BCUT2D eigenvalue weighted by Gasteiger charge is 2.35. The number of allylic oxidation sites excluding steroid dienone is 1. The van der Waals surface area contributed by atoms with Gasteiger partial charge in [0.2, 0.25) is 5.91 Å². The van der Waals surface area contributed by atoms with Crippen molar-refractivity contribution in [1.29, 1.82) is 0 Å². The van der Waals surface area contributed by atoms with E-state index in [4.69, 9.17) is 0 Å². The third-order valence-corrected chi connectivity index (χ3v) is 5.04. The number of fused-ring (bicyclic) bond motifs is 1. The molecule has 156 valence electrons. The predicted molar refractivity (Wildman–Crippen MR) is 120 cm³/mol. The highest BCUT2D eigenvalue weighted by atomic mass is 16.2. The SMILES string of the molecule is C=CCn1cc(/C=C2/NC(=O)N(CC(=O)Nc3ccc(C)cc3)C2=O)c2ccccc21. The van der Waals surface area contributed by atoms with Crippen molar-refractivity contribution >= 4 is 40.5 Å². The number of hydrogen-bond donors (Lipinski definition) is 2. The van der Waals surface area contributed by atoms with Crippen LogP contribution < -0.4 is 10.6 Å². The number of anilines is 1. The van der Waals surface area contributed by atoms with Gasteiger partial charge in [-0.25, -0.2) is 9.69 Å². The minimum absolute atomic E-state index is 0.134. The fourth-order valence-corrected chi connectivity index (χ4v) is 3.53. The Morgan fingerprint density at radius 3 is 2.61 bits per heavy atom. The van der Waals surface area contributed by atoms with E-state index < -0.39 is 17.8 Å². The largest absolute Gasteiger partial charge is 0.343 e. The summed E-state index contributed by atoms with van der Waals surface area (Å²) in [5, 5.41) is 6.23. The van der Waals surface area contributed by atoms with E-state index in [1.807, 2.05) is 54.1 Å². The number of nitrogens with one attached hydrogen (secondary N) is 2. The van der Waals surface area contributed by atoms with Gasteiger partial charge in [-0.1, -0.05) is 42.0 Å². The molecule has 7 heteroatoms. The van der Waals surface area contributed by atoms with Crippen molar-refractivity contribution in [2.24, 2.45) is 0 Å². The van der Waals surface area contributed by atoms with Gasteiger partial charge in [0.05, 0.1) is 0 Å². The molecule has 1 aromatic heterocycles. The molecule has 0 unspecified atom stereocenters. The number of rotatable bonds is 6. The Labute approximate surface area is 179 Å². The molecule has 1 fully saturated rings. The van der Waals surface area contributed by atoms with Crippen molar-refractivity contribution in [2.75, 3.05) is 11.9 Å². The topological polar surface area (TPSA) is 83.4 Å². The first kappa shape index (κ1) is 20.2. The van der Waals surface area contributed by atoms with Crippen molar-refractivity contribution in [1.82, 2.24) is 14.8 Å². The number of aryl methyl sites for hydroxylation is 1. The molecular weight excluding hydrogens is 392 g/mol. The van der Waals surface area contributed by atoms with E-state index in [0.29, 0.717) is 12.2 Å². The maximum Gasteiger partial charge on any atom is 0.329 e. The smallest absolute Gasteiger partial charge is 0.329 e. The Kier molecular flexibility index (Phi) is 5.41. The molecule has 2 heterocycles. The number of imide groups is 1. The second kappa shape index (κ2) is 8.31.